The van der Waals surface area contributed by atoms with Crippen LogP contribution in [0.15, 0.2) is 59.2 Å². The van der Waals surface area contributed by atoms with Gasteiger partial charge >= 0.3 is 0 Å². The topological polar surface area (TPSA) is 99.4 Å². The Morgan fingerprint density at radius 3 is 2.37 bits per heavy atom. The Morgan fingerprint density at radius 1 is 1.09 bits per heavy atom. The van der Waals surface area contributed by atoms with Crippen LogP contribution in [0.2, 0.25) is 0 Å². The van der Waals surface area contributed by atoms with E-state index in [0.717, 1.165) is 16.9 Å². The van der Waals surface area contributed by atoms with Crippen molar-refractivity contribution in [2.75, 3.05) is 6.61 Å². The maximum atomic E-state index is 10.2. The number of allylic oxidation sites excluding steroid dienone is 3. The van der Waals surface area contributed by atoms with Gasteiger partial charge in [0.25, 0.3) is 0 Å². The zero-order valence-corrected chi connectivity index (χ0v) is 21.0. The van der Waals surface area contributed by atoms with Crippen LogP contribution in [0.3, 0.4) is 0 Å². The molecule has 2 aliphatic carbocycles. The van der Waals surface area contributed by atoms with E-state index in [9.17, 15) is 20.4 Å². The van der Waals surface area contributed by atoms with Gasteiger partial charge in [-0.1, -0.05) is 54.8 Å². The number of aliphatic hydroxyl groups is 4. The van der Waals surface area contributed by atoms with Crippen LogP contribution in [0.25, 0.3) is 0 Å². The Balaban J connectivity index is 1.30. The number of hydrogen-bond acceptors (Lipinski definition) is 6. The van der Waals surface area contributed by atoms with Crippen LogP contribution in [-0.2, 0) is 11.2 Å². The molecule has 1 heterocycles. The molecule has 5 atom stereocenters. The predicted octanol–water partition coefficient (Wildman–Crippen LogP) is 3.80. The molecule has 6 nitrogen and oxygen atoms in total. The van der Waals surface area contributed by atoms with Gasteiger partial charge in [0.1, 0.15) is 36.3 Å². The zero-order chi connectivity index (χ0) is 25.2. The van der Waals surface area contributed by atoms with Crippen molar-refractivity contribution in [3.63, 3.8) is 0 Å². The molecule has 1 spiro atoms. The summed E-state index contributed by atoms with van der Waals surface area (Å²) in [5, 5.41) is 40.0. The number of rotatable bonds is 8. The maximum Gasteiger partial charge on any atom is 0.119 e. The van der Waals surface area contributed by atoms with Gasteiger partial charge < -0.3 is 29.9 Å². The molecule has 1 aliphatic heterocycles. The minimum Gasteiger partial charge on any atom is -0.490 e. The first-order valence-corrected chi connectivity index (χ1v) is 12.9. The second-order valence-corrected chi connectivity index (χ2v) is 10.9. The summed E-state index contributed by atoms with van der Waals surface area (Å²) in [6.45, 7) is 5.36. The lowest BCUT2D eigenvalue weighted by atomic mass is 9.65. The zero-order valence-electron chi connectivity index (χ0n) is 20.3. The van der Waals surface area contributed by atoms with Crippen LogP contribution < -0.4 is 4.74 Å². The highest BCUT2D eigenvalue weighted by atomic mass is 35.5. The lowest BCUT2D eigenvalue weighted by Gasteiger charge is -2.45. The largest absolute Gasteiger partial charge is 0.490 e. The molecule has 0 bridgehead atoms. The van der Waals surface area contributed by atoms with Gasteiger partial charge in [0.05, 0.1) is 12.7 Å². The second kappa shape index (κ2) is 11.2. The van der Waals surface area contributed by atoms with Crippen LogP contribution in [0.5, 0.6) is 5.75 Å². The standard InChI is InChI=1S/C28H37ClO6/c1-17(27-26(33)25(32)24(31)23(16-30)35-27)5-10-22(29)18(2)13-19-6-8-20(9-7-19)34-21-14-28(15-21)11-3-4-12-28/h5-10,21,23-27,30-33H,1,3-4,11-16H2,2H3/b10-5-,22-18-/t23-,24-,25+,26-,27+/m1/s1. The molecular formula is C28H37ClO6. The lowest BCUT2D eigenvalue weighted by Crippen LogP contribution is -2.58. The summed E-state index contributed by atoms with van der Waals surface area (Å²) < 4.78 is 11.7. The molecule has 1 aromatic carbocycles. The van der Waals surface area contributed by atoms with Crippen molar-refractivity contribution in [1.29, 1.82) is 0 Å². The first-order valence-electron chi connectivity index (χ1n) is 12.5. The summed E-state index contributed by atoms with van der Waals surface area (Å²) >= 11 is 6.49. The second-order valence-electron chi connectivity index (χ2n) is 10.5. The molecule has 1 aromatic rings. The van der Waals surface area contributed by atoms with Gasteiger partial charge in [-0.15, -0.1) is 0 Å². The van der Waals surface area contributed by atoms with E-state index in [1.165, 1.54) is 38.5 Å². The summed E-state index contributed by atoms with van der Waals surface area (Å²) in [5.41, 5.74) is 3.03. The molecule has 3 fully saturated rings. The van der Waals surface area contributed by atoms with Crippen LogP contribution in [0, 0.1) is 5.41 Å². The monoisotopic (exact) mass is 504 g/mol. The lowest BCUT2D eigenvalue weighted by molar-refractivity contribution is -0.218. The first kappa shape index (κ1) is 26.4. The molecule has 0 radical (unpaired) electrons. The van der Waals surface area contributed by atoms with Crippen molar-refractivity contribution < 1.29 is 29.9 Å². The van der Waals surface area contributed by atoms with Crippen molar-refractivity contribution in [3.8, 4) is 5.75 Å². The molecule has 3 aliphatic rings. The van der Waals surface area contributed by atoms with E-state index < -0.39 is 37.1 Å². The fourth-order valence-corrected chi connectivity index (χ4v) is 5.75. The van der Waals surface area contributed by atoms with Crippen LogP contribution in [0.1, 0.15) is 51.0 Å². The van der Waals surface area contributed by atoms with Crippen molar-refractivity contribution >= 4 is 11.6 Å². The summed E-state index contributed by atoms with van der Waals surface area (Å²) in [6, 6.07) is 8.16. The summed E-state index contributed by atoms with van der Waals surface area (Å²) in [6.07, 6.45) is 6.01. The normalized spacial score (nSPS) is 31.4. The summed E-state index contributed by atoms with van der Waals surface area (Å²) in [4.78, 5) is 0. The number of hydrogen-bond donors (Lipinski definition) is 4. The third kappa shape index (κ3) is 6.01. The smallest absolute Gasteiger partial charge is 0.119 e. The first-order chi connectivity index (χ1) is 16.7. The molecule has 2 saturated carbocycles. The molecule has 7 heteroatoms. The highest BCUT2D eigenvalue weighted by molar-refractivity contribution is 6.31. The Hall–Kier alpha value is -1.67. The number of halogens is 1. The average Bonchev–Trinajstić information content (AvgIpc) is 3.32. The van der Waals surface area contributed by atoms with Gasteiger partial charge in [-0.2, -0.15) is 0 Å². The van der Waals surface area contributed by atoms with Crippen LogP contribution in [-0.4, -0.2) is 63.7 Å². The molecular weight excluding hydrogens is 468 g/mol. The van der Waals surface area contributed by atoms with Crippen LogP contribution in [0.4, 0.5) is 0 Å². The Kier molecular flexibility index (Phi) is 8.41. The molecule has 35 heavy (non-hydrogen) atoms. The van der Waals surface area contributed by atoms with Gasteiger partial charge in [0.2, 0.25) is 0 Å². The van der Waals surface area contributed by atoms with E-state index in [4.69, 9.17) is 21.1 Å². The number of benzene rings is 1. The summed E-state index contributed by atoms with van der Waals surface area (Å²) in [7, 11) is 0. The molecule has 1 saturated heterocycles. The average molecular weight is 505 g/mol. The quantitative estimate of drug-likeness (QED) is 0.402. The minimum atomic E-state index is -1.44. The van der Waals surface area contributed by atoms with Crippen LogP contribution >= 0.6 is 11.6 Å². The van der Waals surface area contributed by atoms with Gasteiger partial charge in [0.15, 0.2) is 0 Å². The van der Waals surface area contributed by atoms with E-state index in [-0.39, 0.29) is 0 Å². The highest BCUT2D eigenvalue weighted by Gasteiger charge is 2.47. The number of ether oxygens (including phenoxy) is 2. The predicted molar refractivity (Wildman–Crippen MR) is 135 cm³/mol. The van der Waals surface area contributed by atoms with E-state index in [1.807, 2.05) is 19.1 Å². The molecule has 4 rings (SSSR count). The van der Waals surface area contributed by atoms with Gasteiger partial charge in [-0.3, -0.25) is 0 Å². The Morgan fingerprint density at radius 2 is 1.74 bits per heavy atom. The minimum absolute atomic E-state index is 0.344. The van der Waals surface area contributed by atoms with E-state index in [1.54, 1.807) is 12.2 Å². The van der Waals surface area contributed by atoms with E-state index in [2.05, 4.69) is 18.7 Å². The van der Waals surface area contributed by atoms with Crippen molar-refractivity contribution in [3.05, 3.63) is 64.7 Å². The van der Waals surface area contributed by atoms with Gasteiger partial charge in [-0.05, 0) is 73.8 Å². The van der Waals surface area contributed by atoms with Crippen molar-refractivity contribution in [2.24, 2.45) is 5.41 Å². The molecule has 0 amide bonds. The third-order valence-corrected chi connectivity index (χ3v) is 8.24. The van der Waals surface area contributed by atoms with Crippen molar-refractivity contribution in [2.45, 2.75) is 88.5 Å². The fraction of sp³-hybridized carbons (Fsp3) is 0.571. The molecule has 192 valence electrons. The Labute approximate surface area is 212 Å². The highest BCUT2D eigenvalue weighted by Crippen LogP contribution is 2.54. The van der Waals surface area contributed by atoms with Gasteiger partial charge in [0, 0.05) is 5.03 Å². The molecule has 0 unspecified atom stereocenters. The molecule has 4 N–H and O–H groups in total. The maximum absolute atomic E-state index is 10.2. The fourth-order valence-electron chi connectivity index (χ4n) is 5.62. The Bertz CT molecular complexity index is 939. The van der Waals surface area contributed by atoms with E-state index >= 15 is 0 Å². The van der Waals surface area contributed by atoms with E-state index in [0.29, 0.717) is 28.5 Å². The SMILES string of the molecule is C=C(/C=C\C(Cl)=C(/C)Cc1ccc(OC2CC3(CCCC3)C2)cc1)[C@@H]1O[C@H](CO)[C@@H](O)[C@H](O)[C@H]1O. The van der Waals surface area contributed by atoms with Gasteiger partial charge in [-0.25, -0.2) is 0 Å². The number of aliphatic hydroxyl groups excluding tert-OH is 4. The summed E-state index contributed by atoms with van der Waals surface area (Å²) in [5.74, 6) is 0.912. The van der Waals surface area contributed by atoms with Crippen molar-refractivity contribution in [1.82, 2.24) is 0 Å². The third-order valence-electron chi connectivity index (χ3n) is 7.79. The molecule has 0 aromatic heterocycles.